The molecule has 31 heavy (non-hydrogen) atoms. The summed E-state index contributed by atoms with van der Waals surface area (Å²) < 4.78 is 4.89. The number of carbonyl (C=O) groups excluding carboxylic acids is 1. The van der Waals surface area contributed by atoms with Gasteiger partial charge in [-0.15, -0.1) is 0 Å². The van der Waals surface area contributed by atoms with Crippen LogP contribution >= 0.6 is 0 Å². The van der Waals surface area contributed by atoms with Gasteiger partial charge >= 0.3 is 6.09 Å². The van der Waals surface area contributed by atoms with Crippen LogP contribution in [-0.4, -0.2) is 17.7 Å². The number of pyridine rings is 1. The average molecular weight is 419 g/mol. The topological polar surface area (TPSA) is 89.3 Å². The van der Waals surface area contributed by atoms with Crippen molar-refractivity contribution in [3.05, 3.63) is 64.2 Å². The van der Waals surface area contributed by atoms with E-state index >= 15 is 0 Å². The predicted molar refractivity (Wildman–Crippen MR) is 128 cm³/mol. The summed E-state index contributed by atoms with van der Waals surface area (Å²) in [5.74, 6) is 0.822. The molecule has 0 aliphatic heterocycles. The maximum atomic E-state index is 11.6. The Morgan fingerprint density at radius 3 is 2.35 bits per heavy atom. The minimum atomic E-state index is -0.556. The molecule has 0 aliphatic carbocycles. The Morgan fingerprint density at radius 2 is 1.71 bits per heavy atom. The molecule has 6 nitrogen and oxygen atoms in total. The second-order valence-corrected chi connectivity index (χ2v) is 7.78. The monoisotopic (exact) mass is 418 g/mol. The average Bonchev–Trinajstić information content (AvgIpc) is 2.70. The number of nitrogen functional groups attached to an aromatic ring is 1. The second-order valence-electron chi connectivity index (χ2n) is 7.78. The maximum Gasteiger partial charge on any atom is 0.411 e. The highest BCUT2D eigenvalue weighted by Crippen LogP contribution is 2.36. The van der Waals surface area contributed by atoms with Crippen LogP contribution < -0.4 is 16.4 Å². The van der Waals surface area contributed by atoms with E-state index in [9.17, 15) is 4.79 Å². The highest BCUT2D eigenvalue weighted by Gasteiger charge is 2.15. The molecule has 0 fully saturated rings. The van der Waals surface area contributed by atoms with Gasteiger partial charge in [0.15, 0.2) is 0 Å². The summed E-state index contributed by atoms with van der Waals surface area (Å²) >= 11 is 0. The van der Waals surface area contributed by atoms with Crippen molar-refractivity contribution in [2.45, 2.75) is 41.5 Å². The fourth-order valence-corrected chi connectivity index (χ4v) is 3.77. The molecule has 1 heterocycles. The molecular formula is C25H30N4O2. The SMILES string of the molecule is CCOC(=O)Nc1ccc(Nc2c(C)cc(C)c(-c3ccc(C)c(C)c3)c2C)nc1N. The number of carbonyl (C=O) groups is 1. The fraction of sp³-hybridized carbons (Fsp3) is 0.280. The first-order valence-corrected chi connectivity index (χ1v) is 10.4. The molecule has 2 aromatic carbocycles. The van der Waals surface area contributed by atoms with Crippen molar-refractivity contribution in [3.63, 3.8) is 0 Å². The Labute approximate surface area is 183 Å². The van der Waals surface area contributed by atoms with Crippen molar-refractivity contribution in [2.75, 3.05) is 23.0 Å². The smallest absolute Gasteiger partial charge is 0.411 e. The zero-order valence-electron chi connectivity index (χ0n) is 19.0. The summed E-state index contributed by atoms with van der Waals surface area (Å²) in [6, 6.07) is 12.2. The number of benzene rings is 2. The summed E-state index contributed by atoms with van der Waals surface area (Å²) in [6.07, 6.45) is -0.556. The van der Waals surface area contributed by atoms with Crippen LogP contribution in [0.25, 0.3) is 11.1 Å². The number of aryl methyl sites for hydroxylation is 4. The zero-order valence-corrected chi connectivity index (χ0v) is 19.0. The van der Waals surface area contributed by atoms with Gasteiger partial charge in [-0.05, 0) is 92.6 Å². The van der Waals surface area contributed by atoms with Crippen LogP contribution in [0.15, 0.2) is 36.4 Å². The third-order valence-electron chi connectivity index (χ3n) is 5.46. The summed E-state index contributed by atoms with van der Waals surface area (Å²) in [6.45, 7) is 12.6. The lowest BCUT2D eigenvalue weighted by Gasteiger charge is -2.20. The Kier molecular flexibility index (Phi) is 6.49. The molecule has 3 rings (SSSR count). The summed E-state index contributed by atoms with van der Waals surface area (Å²) in [5.41, 5.74) is 15.9. The van der Waals surface area contributed by atoms with Crippen LogP contribution in [0.5, 0.6) is 0 Å². The van der Waals surface area contributed by atoms with Gasteiger partial charge in [-0.25, -0.2) is 9.78 Å². The highest BCUT2D eigenvalue weighted by atomic mass is 16.5. The molecule has 0 unspecified atom stereocenters. The van der Waals surface area contributed by atoms with Crippen LogP contribution in [0.1, 0.15) is 34.7 Å². The van der Waals surface area contributed by atoms with Crippen LogP contribution in [0, 0.1) is 34.6 Å². The fourth-order valence-electron chi connectivity index (χ4n) is 3.77. The lowest BCUT2D eigenvalue weighted by Crippen LogP contribution is -2.15. The Morgan fingerprint density at radius 1 is 0.968 bits per heavy atom. The molecule has 0 saturated heterocycles. The van der Waals surface area contributed by atoms with E-state index in [-0.39, 0.29) is 12.4 Å². The summed E-state index contributed by atoms with van der Waals surface area (Å²) in [5, 5.41) is 6.01. The predicted octanol–water partition coefficient (Wildman–Crippen LogP) is 6.18. The molecule has 0 radical (unpaired) electrons. The van der Waals surface area contributed by atoms with Gasteiger partial charge in [0, 0.05) is 5.69 Å². The molecule has 162 valence electrons. The van der Waals surface area contributed by atoms with Crippen LogP contribution in [0.3, 0.4) is 0 Å². The van der Waals surface area contributed by atoms with Crippen molar-refractivity contribution >= 4 is 29.1 Å². The van der Waals surface area contributed by atoms with Crippen molar-refractivity contribution in [2.24, 2.45) is 0 Å². The minimum absolute atomic E-state index is 0.217. The van der Waals surface area contributed by atoms with Gasteiger partial charge in [0.2, 0.25) is 0 Å². The molecule has 6 heteroatoms. The Hall–Kier alpha value is -3.54. The molecular weight excluding hydrogens is 388 g/mol. The van der Waals surface area contributed by atoms with E-state index in [2.05, 4.69) is 74.5 Å². The molecule has 1 amide bonds. The van der Waals surface area contributed by atoms with E-state index in [1.54, 1.807) is 19.1 Å². The van der Waals surface area contributed by atoms with Gasteiger partial charge in [-0.3, -0.25) is 5.32 Å². The van der Waals surface area contributed by atoms with Crippen LogP contribution in [-0.2, 0) is 4.74 Å². The van der Waals surface area contributed by atoms with E-state index in [4.69, 9.17) is 10.5 Å². The number of hydrogen-bond acceptors (Lipinski definition) is 5. The number of amides is 1. The third-order valence-corrected chi connectivity index (χ3v) is 5.46. The van der Waals surface area contributed by atoms with E-state index in [1.807, 2.05) is 0 Å². The molecule has 0 saturated carbocycles. The normalized spacial score (nSPS) is 10.6. The zero-order chi connectivity index (χ0) is 22.7. The minimum Gasteiger partial charge on any atom is -0.450 e. The molecule has 0 bridgehead atoms. The largest absolute Gasteiger partial charge is 0.450 e. The van der Waals surface area contributed by atoms with E-state index in [0.717, 1.165) is 16.8 Å². The quantitative estimate of drug-likeness (QED) is 0.460. The number of anilines is 4. The molecule has 1 aromatic heterocycles. The molecule has 0 aliphatic rings. The molecule has 0 spiro atoms. The number of nitrogens with one attached hydrogen (secondary N) is 2. The van der Waals surface area contributed by atoms with Crippen molar-refractivity contribution in [3.8, 4) is 11.1 Å². The summed E-state index contributed by atoms with van der Waals surface area (Å²) in [7, 11) is 0. The molecule has 0 atom stereocenters. The number of ether oxygens (including phenoxy) is 1. The number of aromatic nitrogens is 1. The van der Waals surface area contributed by atoms with E-state index in [0.29, 0.717) is 11.5 Å². The standard InChI is InChI=1S/C25H30N4O2/c1-7-31-25(30)27-20-10-11-21(29-24(20)26)28-23-17(5)12-16(4)22(18(23)6)19-9-8-14(2)15(3)13-19/h8-13H,7H2,1-6H3,(H,27,30)(H3,26,28,29). The van der Waals surface area contributed by atoms with Gasteiger partial charge in [0.1, 0.15) is 11.6 Å². The first kappa shape index (κ1) is 22.2. The number of nitrogens with zero attached hydrogens (tertiary/aromatic N) is 1. The Balaban J connectivity index is 1.96. The van der Waals surface area contributed by atoms with Crippen molar-refractivity contribution in [1.29, 1.82) is 0 Å². The maximum absolute atomic E-state index is 11.6. The highest BCUT2D eigenvalue weighted by molar-refractivity contribution is 5.88. The van der Waals surface area contributed by atoms with E-state index in [1.165, 1.54) is 27.8 Å². The second kappa shape index (κ2) is 9.08. The van der Waals surface area contributed by atoms with Crippen LogP contribution in [0.2, 0.25) is 0 Å². The van der Waals surface area contributed by atoms with Gasteiger partial charge in [-0.2, -0.15) is 0 Å². The van der Waals surface area contributed by atoms with Gasteiger partial charge in [0.25, 0.3) is 0 Å². The van der Waals surface area contributed by atoms with Crippen LogP contribution in [0.4, 0.5) is 27.8 Å². The Bertz CT molecular complexity index is 1140. The van der Waals surface area contributed by atoms with Gasteiger partial charge in [-0.1, -0.05) is 24.3 Å². The molecule has 4 N–H and O–H groups in total. The first-order valence-electron chi connectivity index (χ1n) is 10.4. The lowest BCUT2D eigenvalue weighted by molar-refractivity contribution is 0.168. The number of nitrogens with two attached hydrogens (primary N) is 1. The third kappa shape index (κ3) is 4.79. The first-order chi connectivity index (χ1) is 14.7. The van der Waals surface area contributed by atoms with Crippen molar-refractivity contribution < 1.29 is 9.53 Å². The lowest BCUT2D eigenvalue weighted by atomic mass is 9.90. The van der Waals surface area contributed by atoms with Crippen molar-refractivity contribution in [1.82, 2.24) is 4.98 Å². The van der Waals surface area contributed by atoms with E-state index < -0.39 is 6.09 Å². The summed E-state index contributed by atoms with van der Waals surface area (Å²) in [4.78, 5) is 16.1. The number of hydrogen-bond donors (Lipinski definition) is 3. The van der Waals surface area contributed by atoms with Gasteiger partial charge in [0.05, 0.1) is 12.3 Å². The van der Waals surface area contributed by atoms with Gasteiger partial charge < -0.3 is 15.8 Å². The number of rotatable bonds is 5. The molecule has 3 aromatic rings.